The summed E-state index contributed by atoms with van der Waals surface area (Å²) in [6, 6.07) is 6.38. The molecule has 1 N–H and O–H groups in total. The minimum atomic E-state index is -4.37. The normalized spacial score (nSPS) is 17.0. The topological polar surface area (TPSA) is 54.7 Å². The van der Waals surface area contributed by atoms with Crippen LogP contribution >= 0.6 is 0 Å². The maximum Gasteiger partial charge on any atom is 0.416 e. The summed E-state index contributed by atoms with van der Waals surface area (Å²) in [5, 5.41) is 2.82. The van der Waals surface area contributed by atoms with Crippen LogP contribution in [0.1, 0.15) is 27.5 Å². The molecule has 0 spiro atoms. The Morgan fingerprint density at radius 2 is 1.85 bits per heavy atom. The van der Waals surface area contributed by atoms with Gasteiger partial charge in [0.05, 0.1) is 36.6 Å². The van der Waals surface area contributed by atoms with Crippen molar-refractivity contribution in [3.8, 4) is 0 Å². The molecule has 1 aliphatic heterocycles. The molecule has 0 aliphatic carbocycles. The minimum absolute atomic E-state index is 0.239. The Balaban J connectivity index is 1.75. The molecule has 0 bridgehead atoms. The minimum Gasteiger partial charge on any atom is -0.472 e. The number of nitrogens with one attached hydrogen (secondary N) is 1. The number of benzene rings is 1. The van der Waals surface area contributed by atoms with Crippen molar-refractivity contribution in [2.24, 2.45) is 0 Å². The van der Waals surface area contributed by atoms with Crippen molar-refractivity contribution < 1.29 is 27.1 Å². The van der Waals surface area contributed by atoms with Crippen molar-refractivity contribution in [1.29, 1.82) is 0 Å². The lowest BCUT2D eigenvalue weighted by Gasteiger charge is -2.35. The van der Waals surface area contributed by atoms with Crippen LogP contribution in [-0.2, 0) is 10.9 Å². The van der Waals surface area contributed by atoms with Gasteiger partial charge in [-0.05, 0) is 23.8 Å². The smallest absolute Gasteiger partial charge is 0.416 e. The number of amides is 1. The van der Waals surface area contributed by atoms with Gasteiger partial charge in [0.25, 0.3) is 5.91 Å². The van der Waals surface area contributed by atoms with E-state index in [4.69, 9.17) is 9.15 Å². The van der Waals surface area contributed by atoms with E-state index in [-0.39, 0.29) is 18.5 Å². The van der Waals surface area contributed by atoms with E-state index < -0.39 is 11.7 Å². The van der Waals surface area contributed by atoms with E-state index in [2.05, 4.69) is 10.2 Å². The fourth-order valence-electron chi connectivity index (χ4n) is 2.93. The van der Waals surface area contributed by atoms with Crippen molar-refractivity contribution in [1.82, 2.24) is 10.2 Å². The number of carbonyl (C=O) groups excluding carboxylic acids is 1. The SMILES string of the molecule is O=C(NC[C@H](c1ccc(C(F)(F)F)cc1)N1CCOCC1)c1ccoc1. The van der Waals surface area contributed by atoms with E-state index in [1.165, 1.54) is 24.7 Å². The molecule has 1 atom stereocenters. The lowest BCUT2D eigenvalue weighted by Crippen LogP contribution is -2.43. The van der Waals surface area contributed by atoms with E-state index in [0.717, 1.165) is 12.1 Å². The van der Waals surface area contributed by atoms with Gasteiger partial charge in [-0.25, -0.2) is 0 Å². The van der Waals surface area contributed by atoms with Crippen LogP contribution in [0.5, 0.6) is 0 Å². The molecule has 1 fully saturated rings. The standard InChI is InChI=1S/C18H19F3N2O3/c19-18(20,21)15-3-1-13(2-4-15)16(23-6-9-25-10-7-23)11-22-17(24)14-5-8-26-12-14/h1-5,8,12,16H,6-7,9-11H2,(H,22,24)/t16-/m1/s1. The number of ether oxygens (including phenoxy) is 1. The number of furan rings is 1. The summed E-state index contributed by atoms with van der Waals surface area (Å²) in [6.07, 6.45) is -1.62. The molecule has 140 valence electrons. The summed E-state index contributed by atoms with van der Waals surface area (Å²) in [6.45, 7) is 2.66. The molecule has 0 unspecified atom stereocenters. The number of alkyl halides is 3. The van der Waals surface area contributed by atoms with E-state index in [9.17, 15) is 18.0 Å². The van der Waals surface area contributed by atoms with E-state index in [1.807, 2.05) is 0 Å². The largest absolute Gasteiger partial charge is 0.472 e. The van der Waals surface area contributed by atoms with Gasteiger partial charge in [-0.3, -0.25) is 9.69 Å². The van der Waals surface area contributed by atoms with Crippen LogP contribution in [0, 0.1) is 0 Å². The highest BCUT2D eigenvalue weighted by atomic mass is 19.4. The molecule has 5 nitrogen and oxygen atoms in total. The van der Waals surface area contributed by atoms with Crippen molar-refractivity contribution in [3.63, 3.8) is 0 Å². The van der Waals surface area contributed by atoms with Crippen LogP contribution in [0.4, 0.5) is 13.2 Å². The molecular weight excluding hydrogens is 349 g/mol. The molecule has 1 aromatic heterocycles. The van der Waals surface area contributed by atoms with Crippen LogP contribution in [0.3, 0.4) is 0 Å². The van der Waals surface area contributed by atoms with E-state index >= 15 is 0 Å². The van der Waals surface area contributed by atoms with Gasteiger partial charge < -0.3 is 14.5 Å². The zero-order chi connectivity index (χ0) is 18.6. The highest BCUT2D eigenvalue weighted by molar-refractivity contribution is 5.93. The Morgan fingerprint density at radius 1 is 1.15 bits per heavy atom. The molecule has 3 rings (SSSR count). The Hall–Kier alpha value is -2.32. The molecule has 0 saturated carbocycles. The molecule has 1 amide bonds. The number of hydrogen-bond donors (Lipinski definition) is 1. The van der Waals surface area contributed by atoms with Gasteiger partial charge in [-0.1, -0.05) is 12.1 Å². The van der Waals surface area contributed by atoms with Gasteiger partial charge in [-0.2, -0.15) is 13.2 Å². The summed E-state index contributed by atoms with van der Waals surface area (Å²) in [5.41, 5.74) is 0.426. The van der Waals surface area contributed by atoms with Crippen LogP contribution in [0.25, 0.3) is 0 Å². The molecule has 26 heavy (non-hydrogen) atoms. The number of rotatable bonds is 5. The number of nitrogens with zero attached hydrogens (tertiary/aromatic N) is 1. The molecule has 1 aliphatic rings. The number of carbonyl (C=O) groups is 1. The molecule has 1 aromatic carbocycles. The number of halogens is 3. The first-order valence-electron chi connectivity index (χ1n) is 8.24. The van der Waals surface area contributed by atoms with Crippen molar-refractivity contribution in [3.05, 3.63) is 59.5 Å². The lowest BCUT2D eigenvalue weighted by atomic mass is 10.0. The van der Waals surface area contributed by atoms with Gasteiger partial charge >= 0.3 is 6.18 Å². The first-order chi connectivity index (χ1) is 12.4. The van der Waals surface area contributed by atoms with Crippen molar-refractivity contribution in [2.45, 2.75) is 12.2 Å². The predicted molar refractivity (Wildman–Crippen MR) is 87.6 cm³/mol. The van der Waals surface area contributed by atoms with Crippen LogP contribution in [0.2, 0.25) is 0 Å². The Bertz CT molecular complexity index is 708. The average molecular weight is 368 g/mol. The molecule has 8 heteroatoms. The number of morpholine rings is 1. The fourth-order valence-corrected chi connectivity index (χ4v) is 2.93. The van der Waals surface area contributed by atoms with Crippen LogP contribution < -0.4 is 5.32 Å². The van der Waals surface area contributed by atoms with Gasteiger partial charge in [0.2, 0.25) is 0 Å². The second kappa shape index (κ2) is 7.92. The Labute approximate surface area is 148 Å². The maximum atomic E-state index is 12.8. The van der Waals surface area contributed by atoms with Gasteiger partial charge in [0, 0.05) is 19.6 Å². The van der Waals surface area contributed by atoms with E-state index in [0.29, 0.717) is 37.4 Å². The van der Waals surface area contributed by atoms with E-state index in [1.54, 1.807) is 6.07 Å². The van der Waals surface area contributed by atoms with Crippen LogP contribution in [-0.4, -0.2) is 43.7 Å². The molecular formula is C18H19F3N2O3. The zero-order valence-electron chi connectivity index (χ0n) is 14.0. The Kier molecular flexibility index (Phi) is 5.63. The summed E-state index contributed by atoms with van der Waals surface area (Å²) in [5.74, 6) is -0.288. The first-order valence-corrected chi connectivity index (χ1v) is 8.24. The highest BCUT2D eigenvalue weighted by Gasteiger charge is 2.31. The summed E-state index contributed by atoms with van der Waals surface area (Å²) in [4.78, 5) is 14.2. The second-order valence-corrected chi connectivity index (χ2v) is 6.01. The molecule has 2 heterocycles. The van der Waals surface area contributed by atoms with Crippen molar-refractivity contribution in [2.75, 3.05) is 32.8 Å². The van der Waals surface area contributed by atoms with Crippen LogP contribution in [0.15, 0.2) is 47.3 Å². The zero-order valence-corrected chi connectivity index (χ0v) is 14.0. The highest BCUT2D eigenvalue weighted by Crippen LogP contribution is 2.31. The molecule has 1 saturated heterocycles. The summed E-state index contributed by atoms with van der Waals surface area (Å²) >= 11 is 0. The first kappa shape index (κ1) is 18.5. The molecule has 2 aromatic rings. The Morgan fingerprint density at radius 3 is 2.42 bits per heavy atom. The number of hydrogen-bond acceptors (Lipinski definition) is 4. The predicted octanol–water partition coefficient (Wildman–Crippen LogP) is 3.10. The van der Waals surface area contributed by atoms with Gasteiger partial charge in [0.15, 0.2) is 0 Å². The quantitative estimate of drug-likeness (QED) is 0.881. The summed E-state index contributed by atoms with van der Waals surface area (Å²) in [7, 11) is 0. The van der Waals surface area contributed by atoms with Gasteiger partial charge in [0.1, 0.15) is 6.26 Å². The monoisotopic (exact) mass is 368 g/mol. The summed E-state index contributed by atoms with van der Waals surface area (Å²) < 4.78 is 48.6. The third-order valence-electron chi connectivity index (χ3n) is 4.35. The average Bonchev–Trinajstić information content (AvgIpc) is 3.17. The maximum absolute atomic E-state index is 12.8. The fraction of sp³-hybridized carbons (Fsp3) is 0.389. The third kappa shape index (κ3) is 4.44. The van der Waals surface area contributed by atoms with Gasteiger partial charge in [-0.15, -0.1) is 0 Å². The lowest BCUT2D eigenvalue weighted by molar-refractivity contribution is -0.137. The third-order valence-corrected chi connectivity index (χ3v) is 4.35. The van der Waals surface area contributed by atoms with Crippen molar-refractivity contribution >= 4 is 5.91 Å². The molecule has 0 radical (unpaired) electrons. The second-order valence-electron chi connectivity index (χ2n) is 6.01.